The zero-order valence-corrected chi connectivity index (χ0v) is 11.5. The molecule has 0 fully saturated rings. The molecule has 1 heterocycles. The molecule has 19 heavy (non-hydrogen) atoms. The molecule has 1 amide bonds. The minimum Gasteiger partial charge on any atom is -0.493 e. The second-order valence-electron chi connectivity index (χ2n) is 5.63. The molecular formula is C14H20N2O3. The quantitative estimate of drug-likeness (QED) is 0.765. The Labute approximate surface area is 113 Å². The molecular weight excluding hydrogens is 244 g/mol. The highest BCUT2D eigenvalue weighted by molar-refractivity contribution is 5.69. The first-order valence-electron chi connectivity index (χ1n) is 6.37. The Bertz CT molecular complexity index is 480. The molecule has 1 aliphatic heterocycles. The summed E-state index contributed by atoms with van der Waals surface area (Å²) in [4.78, 5) is 11.8. The summed E-state index contributed by atoms with van der Waals surface area (Å²) in [5, 5.41) is 2.87. The van der Waals surface area contributed by atoms with Gasteiger partial charge in [-0.05, 0) is 26.8 Å². The number of amides is 1. The molecule has 1 aliphatic rings. The molecule has 1 aromatic carbocycles. The van der Waals surface area contributed by atoms with Crippen LogP contribution in [0, 0.1) is 0 Å². The number of nitrogen functional groups attached to an aromatic ring is 1. The van der Waals surface area contributed by atoms with Crippen LogP contribution < -0.4 is 15.8 Å². The van der Waals surface area contributed by atoms with Gasteiger partial charge in [0, 0.05) is 23.7 Å². The van der Waals surface area contributed by atoms with Crippen LogP contribution in [0.1, 0.15) is 38.8 Å². The van der Waals surface area contributed by atoms with Crippen molar-refractivity contribution in [3.8, 4) is 5.75 Å². The predicted octanol–water partition coefficient (Wildman–Crippen LogP) is 2.62. The molecule has 0 spiro atoms. The first-order chi connectivity index (χ1) is 8.85. The molecule has 5 heteroatoms. The SMILES string of the molecule is CC(C)(C)OC(=O)NC1CCOc2cc(N)ccc21. The Morgan fingerprint density at radius 3 is 2.89 bits per heavy atom. The number of anilines is 1. The van der Waals surface area contributed by atoms with Gasteiger partial charge in [-0.15, -0.1) is 0 Å². The van der Waals surface area contributed by atoms with Crippen LogP contribution in [-0.2, 0) is 4.74 Å². The van der Waals surface area contributed by atoms with Crippen LogP contribution >= 0.6 is 0 Å². The minimum atomic E-state index is -0.501. The van der Waals surface area contributed by atoms with Crippen molar-refractivity contribution in [3.63, 3.8) is 0 Å². The highest BCUT2D eigenvalue weighted by Gasteiger charge is 2.25. The smallest absolute Gasteiger partial charge is 0.408 e. The normalized spacial score (nSPS) is 18.2. The van der Waals surface area contributed by atoms with Gasteiger partial charge in [0.15, 0.2) is 0 Å². The number of nitrogens with one attached hydrogen (secondary N) is 1. The number of rotatable bonds is 1. The summed E-state index contributed by atoms with van der Waals surface area (Å²) in [5.41, 5.74) is 6.81. The number of benzene rings is 1. The highest BCUT2D eigenvalue weighted by atomic mass is 16.6. The van der Waals surface area contributed by atoms with Gasteiger partial charge in [-0.25, -0.2) is 4.79 Å². The van der Waals surface area contributed by atoms with Gasteiger partial charge in [-0.2, -0.15) is 0 Å². The van der Waals surface area contributed by atoms with E-state index in [0.717, 1.165) is 17.7 Å². The molecule has 0 aliphatic carbocycles. The molecule has 104 valence electrons. The fourth-order valence-corrected chi connectivity index (χ4v) is 2.01. The second-order valence-corrected chi connectivity index (χ2v) is 5.63. The third-order valence-corrected chi connectivity index (χ3v) is 2.77. The zero-order valence-electron chi connectivity index (χ0n) is 11.5. The maximum absolute atomic E-state index is 11.8. The summed E-state index contributed by atoms with van der Waals surface area (Å²) in [5.74, 6) is 0.729. The molecule has 0 aromatic heterocycles. The Balaban J connectivity index is 2.09. The van der Waals surface area contributed by atoms with Crippen molar-refractivity contribution >= 4 is 11.8 Å². The van der Waals surface area contributed by atoms with Gasteiger partial charge in [0.1, 0.15) is 11.4 Å². The minimum absolute atomic E-state index is 0.0980. The lowest BCUT2D eigenvalue weighted by Crippen LogP contribution is -2.36. The van der Waals surface area contributed by atoms with E-state index in [1.165, 1.54) is 0 Å². The van der Waals surface area contributed by atoms with Gasteiger partial charge < -0.3 is 20.5 Å². The molecule has 1 unspecified atom stereocenters. The summed E-state index contributed by atoms with van der Waals surface area (Å²) >= 11 is 0. The standard InChI is InChI=1S/C14H20N2O3/c1-14(2,3)19-13(17)16-11-6-7-18-12-8-9(15)4-5-10(11)12/h4-5,8,11H,6-7,15H2,1-3H3,(H,16,17). The number of nitrogens with two attached hydrogens (primary N) is 1. The number of alkyl carbamates (subject to hydrolysis) is 1. The van der Waals surface area contributed by atoms with E-state index in [1.54, 1.807) is 12.1 Å². The number of carbonyl (C=O) groups is 1. The lowest BCUT2D eigenvalue weighted by atomic mass is 10.0. The van der Waals surface area contributed by atoms with Crippen molar-refractivity contribution in [1.29, 1.82) is 0 Å². The van der Waals surface area contributed by atoms with Gasteiger partial charge in [0.25, 0.3) is 0 Å². The lowest BCUT2D eigenvalue weighted by molar-refractivity contribution is 0.0491. The maximum atomic E-state index is 11.8. The third kappa shape index (κ3) is 3.53. The number of hydrogen-bond acceptors (Lipinski definition) is 4. The largest absolute Gasteiger partial charge is 0.493 e. The molecule has 5 nitrogen and oxygen atoms in total. The van der Waals surface area contributed by atoms with E-state index in [4.69, 9.17) is 15.2 Å². The van der Waals surface area contributed by atoms with Gasteiger partial charge in [-0.1, -0.05) is 6.07 Å². The van der Waals surface area contributed by atoms with Crippen molar-refractivity contribution in [3.05, 3.63) is 23.8 Å². The van der Waals surface area contributed by atoms with E-state index >= 15 is 0 Å². The van der Waals surface area contributed by atoms with Gasteiger partial charge in [0.05, 0.1) is 12.6 Å². The Morgan fingerprint density at radius 2 is 2.21 bits per heavy atom. The van der Waals surface area contributed by atoms with Crippen molar-refractivity contribution in [1.82, 2.24) is 5.32 Å². The summed E-state index contributed by atoms with van der Waals surface area (Å²) in [6.45, 7) is 6.07. The number of ether oxygens (including phenoxy) is 2. The second kappa shape index (κ2) is 4.99. The first-order valence-corrected chi connectivity index (χ1v) is 6.37. The van der Waals surface area contributed by atoms with Crippen molar-refractivity contribution < 1.29 is 14.3 Å². The molecule has 0 saturated carbocycles. The van der Waals surface area contributed by atoms with E-state index < -0.39 is 11.7 Å². The molecule has 2 rings (SSSR count). The van der Waals surface area contributed by atoms with Crippen molar-refractivity contribution in [2.75, 3.05) is 12.3 Å². The Morgan fingerprint density at radius 1 is 1.47 bits per heavy atom. The van der Waals surface area contributed by atoms with E-state index in [1.807, 2.05) is 26.8 Å². The van der Waals surface area contributed by atoms with E-state index in [-0.39, 0.29) is 6.04 Å². The summed E-state index contributed by atoms with van der Waals surface area (Å²) in [6.07, 6.45) is 0.304. The van der Waals surface area contributed by atoms with Gasteiger partial charge >= 0.3 is 6.09 Å². The molecule has 3 N–H and O–H groups in total. The Hall–Kier alpha value is -1.91. The van der Waals surface area contributed by atoms with Crippen LogP contribution in [0.4, 0.5) is 10.5 Å². The fraction of sp³-hybridized carbons (Fsp3) is 0.500. The van der Waals surface area contributed by atoms with Crippen LogP contribution in [0.2, 0.25) is 0 Å². The van der Waals surface area contributed by atoms with Crippen LogP contribution in [0.25, 0.3) is 0 Å². The number of carbonyl (C=O) groups excluding carboxylic acids is 1. The van der Waals surface area contributed by atoms with Crippen molar-refractivity contribution in [2.24, 2.45) is 0 Å². The van der Waals surface area contributed by atoms with Gasteiger partial charge in [0.2, 0.25) is 0 Å². The predicted molar refractivity (Wildman–Crippen MR) is 73.1 cm³/mol. The monoisotopic (exact) mass is 264 g/mol. The molecule has 0 bridgehead atoms. The lowest BCUT2D eigenvalue weighted by Gasteiger charge is -2.28. The maximum Gasteiger partial charge on any atom is 0.408 e. The van der Waals surface area contributed by atoms with Crippen LogP contribution in [0.5, 0.6) is 5.75 Å². The fourth-order valence-electron chi connectivity index (χ4n) is 2.01. The van der Waals surface area contributed by atoms with E-state index in [9.17, 15) is 4.79 Å². The average Bonchev–Trinajstić information content (AvgIpc) is 2.26. The van der Waals surface area contributed by atoms with Crippen LogP contribution in [0.3, 0.4) is 0 Å². The molecule has 0 saturated heterocycles. The van der Waals surface area contributed by atoms with Crippen LogP contribution in [0.15, 0.2) is 18.2 Å². The Kier molecular flexibility index (Phi) is 3.55. The topological polar surface area (TPSA) is 73.6 Å². The van der Waals surface area contributed by atoms with Crippen LogP contribution in [-0.4, -0.2) is 18.3 Å². The molecule has 0 radical (unpaired) electrons. The third-order valence-electron chi connectivity index (χ3n) is 2.77. The summed E-state index contributed by atoms with van der Waals surface area (Å²) in [6, 6.07) is 5.36. The molecule has 1 aromatic rings. The summed E-state index contributed by atoms with van der Waals surface area (Å²) in [7, 11) is 0. The zero-order chi connectivity index (χ0) is 14.0. The number of hydrogen-bond donors (Lipinski definition) is 2. The summed E-state index contributed by atoms with van der Waals surface area (Å²) < 4.78 is 10.8. The first kappa shape index (κ1) is 13.5. The van der Waals surface area contributed by atoms with Gasteiger partial charge in [-0.3, -0.25) is 0 Å². The van der Waals surface area contributed by atoms with E-state index in [0.29, 0.717) is 12.3 Å². The average molecular weight is 264 g/mol. The number of fused-ring (bicyclic) bond motifs is 1. The van der Waals surface area contributed by atoms with E-state index in [2.05, 4.69) is 5.32 Å². The van der Waals surface area contributed by atoms with Crippen molar-refractivity contribution in [2.45, 2.75) is 38.8 Å². The molecule has 1 atom stereocenters. The highest BCUT2D eigenvalue weighted by Crippen LogP contribution is 2.33.